The van der Waals surface area contributed by atoms with E-state index in [0.29, 0.717) is 5.69 Å². The van der Waals surface area contributed by atoms with Crippen LogP contribution in [-0.4, -0.2) is 42.0 Å². The third kappa shape index (κ3) is 5.07. The van der Waals surface area contributed by atoms with E-state index in [1.165, 1.54) is 30.1 Å². The average molecular weight is 240 g/mol. The molecule has 0 spiro atoms. The molecule has 0 saturated carbocycles. The monoisotopic (exact) mass is 240 g/mol. The molecule has 0 saturated heterocycles. The molecule has 6 heteroatoms. The second kappa shape index (κ2) is 5.95. The lowest BCUT2D eigenvalue weighted by molar-refractivity contribution is -0.138. The number of nitrogens with zero attached hydrogens (tertiary/aromatic N) is 1. The van der Waals surface area contributed by atoms with Gasteiger partial charge in [-0.2, -0.15) is 0 Å². The molecule has 0 fully saturated rings. The average Bonchev–Trinajstić information content (AvgIpc) is 2.14. The molecule has 0 aliphatic heterocycles. The number of amides is 1. The van der Waals surface area contributed by atoms with E-state index in [1.54, 1.807) is 6.07 Å². The van der Waals surface area contributed by atoms with E-state index < -0.39 is 11.8 Å². The molecular weight excluding hydrogens is 227 g/mol. The zero-order chi connectivity index (χ0) is 12.8. The molecule has 92 valence electrons. The van der Waals surface area contributed by atoms with Crippen molar-refractivity contribution in [2.45, 2.75) is 0 Å². The lowest BCUT2D eigenvalue weighted by Crippen LogP contribution is -2.33. The molecule has 5 nitrogen and oxygen atoms in total. The highest BCUT2D eigenvalue weighted by Crippen LogP contribution is 2.08. The van der Waals surface area contributed by atoms with Gasteiger partial charge >= 0.3 is 5.97 Å². The minimum atomic E-state index is -1.01. The summed E-state index contributed by atoms with van der Waals surface area (Å²) in [6.45, 7) is -0.292. The number of anilines is 1. The van der Waals surface area contributed by atoms with Gasteiger partial charge in [0.05, 0.1) is 13.1 Å². The van der Waals surface area contributed by atoms with E-state index in [9.17, 15) is 14.0 Å². The summed E-state index contributed by atoms with van der Waals surface area (Å²) in [5.74, 6) is -1.84. The second-order valence-corrected chi connectivity index (χ2v) is 3.62. The molecule has 17 heavy (non-hydrogen) atoms. The summed E-state index contributed by atoms with van der Waals surface area (Å²) in [6, 6.07) is 5.49. The standard InChI is InChI=1S/C11H13FN2O3/c1-14(7-11(16)17)6-10(15)13-9-4-2-3-8(12)5-9/h2-5H,6-7H2,1H3,(H,13,15)(H,16,17). The van der Waals surface area contributed by atoms with Gasteiger partial charge in [0, 0.05) is 5.69 Å². The Hall–Kier alpha value is -1.95. The van der Waals surface area contributed by atoms with Gasteiger partial charge in [0.2, 0.25) is 5.91 Å². The summed E-state index contributed by atoms with van der Waals surface area (Å²) in [4.78, 5) is 23.2. The van der Waals surface area contributed by atoms with Crippen LogP contribution < -0.4 is 5.32 Å². The van der Waals surface area contributed by atoms with Crippen LogP contribution in [-0.2, 0) is 9.59 Å². The normalized spacial score (nSPS) is 10.3. The van der Waals surface area contributed by atoms with Crippen LogP contribution >= 0.6 is 0 Å². The van der Waals surface area contributed by atoms with Crippen molar-refractivity contribution < 1.29 is 19.1 Å². The van der Waals surface area contributed by atoms with Gasteiger partial charge in [-0.05, 0) is 25.2 Å². The fourth-order valence-electron chi connectivity index (χ4n) is 1.30. The summed E-state index contributed by atoms with van der Waals surface area (Å²) in [6.07, 6.45) is 0. The Morgan fingerprint density at radius 2 is 2.12 bits per heavy atom. The number of nitrogens with one attached hydrogen (secondary N) is 1. The van der Waals surface area contributed by atoms with Crippen LogP contribution in [0, 0.1) is 5.82 Å². The maximum absolute atomic E-state index is 12.8. The quantitative estimate of drug-likeness (QED) is 0.798. The van der Waals surface area contributed by atoms with Crippen molar-refractivity contribution in [2.75, 3.05) is 25.5 Å². The molecule has 0 aliphatic carbocycles. The number of likely N-dealkylation sites (N-methyl/N-ethyl adjacent to an activating group) is 1. The van der Waals surface area contributed by atoms with Crippen LogP contribution in [0.5, 0.6) is 0 Å². The minimum Gasteiger partial charge on any atom is -0.480 e. The first kappa shape index (κ1) is 13.1. The van der Waals surface area contributed by atoms with Crippen LogP contribution in [0.25, 0.3) is 0 Å². The number of carbonyl (C=O) groups is 2. The number of benzene rings is 1. The van der Waals surface area contributed by atoms with Crippen LogP contribution in [0.4, 0.5) is 10.1 Å². The molecule has 1 aromatic carbocycles. The van der Waals surface area contributed by atoms with Gasteiger partial charge in [0.15, 0.2) is 0 Å². The Morgan fingerprint density at radius 3 is 2.71 bits per heavy atom. The highest BCUT2D eigenvalue weighted by Gasteiger charge is 2.09. The maximum atomic E-state index is 12.8. The number of carbonyl (C=O) groups excluding carboxylic acids is 1. The SMILES string of the molecule is CN(CC(=O)O)CC(=O)Nc1cccc(F)c1. The van der Waals surface area contributed by atoms with E-state index >= 15 is 0 Å². The van der Waals surface area contributed by atoms with Gasteiger partial charge in [-0.25, -0.2) is 4.39 Å². The van der Waals surface area contributed by atoms with E-state index in [1.807, 2.05) is 0 Å². The molecule has 0 aromatic heterocycles. The number of aliphatic carboxylic acids is 1. The molecule has 0 unspecified atom stereocenters. The Balaban J connectivity index is 2.47. The van der Waals surface area contributed by atoms with Gasteiger partial charge < -0.3 is 10.4 Å². The first-order valence-corrected chi connectivity index (χ1v) is 4.93. The fraction of sp³-hybridized carbons (Fsp3) is 0.273. The van der Waals surface area contributed by atoms with Crippen molar-refractivity contribution in [2.24, 2.45) is 0 Å². The summed E-state index contributed by atoms with van der Waals surface area (Å²) < 4.78 is 12.8. The van der Waals surface area contributed by atoms with Crippen molar-refractivity contribution in [3.8, 4) is 0 Å². The molecule has 0 aliphatic rings. The summed E-state index contributed by atoms with van der Waals surface area (Å²) in [5, 5.41) is 11.0. The van der Waals surface area contributed by atoms with Crippen LogP contribution in [0.15, 0.2) is 24.3 Å². The molecule has 0 bridgehead atoms. The molecular formula is C11H13FN2O3. The summed E-state index contributed by atoms with van der Waals surface area (Å²) in [5.41, 5.74) is 0.346. The molecule has 0 radical (unpaired) electrons. The first-order chi connectivity index (χ1) is 7.97. The third-order valence-electron chi connectivity index (χ3n) is 1.93. The fourth-order valence-corrected chi connectivity index (χ4v) is 1.30. The summed E-state index contributed by atoms with van der Waals surface area (Å²) >= 11 is 0. The Kier molecular flexibility index (Phi) is 4.59. The molecule has 1 amide bonds. The molecule has 1 rings (SSSR count). The maximum Gasteiger partial charge on any atom is 0.317 e. The Bertz CT molecular complexity index is 423. The summed E-state index contributed by atoms with van der Waals surface area (Å²) in [7, 11) is 1.51. The van der Waals surface area contributed by atoms with Crippen molar-refractivity contribution in [3.63, 3.8) is 0 Å². The molecule has 1 aromatic rings. The van der Waals surface area contributed by atoms with Gasteiger partial charge in [-0.15, -0.1) is 0 Å². The van der Waals surface area contributed by atoms with E-state index in [2.05, 4.69) is 5.32 Å². The number of carboxylic acids is 1. The predicted molar refractivity (Wildman–Crippen MR) is 60.2 cm³/mol. The third-order valence-corrected chi connectivity index (χ3v) is 1.93. The number of carboxylic acid groups (broad SMARTS) is 1. The highest BCUT2D eigenvalue weighted by atomic mass is 19.1. The second-order valence-electron chi connectivity index (χ2n) is 3.62. The zero-order valence-electron chi connectivity index (χ0n) is 9.31. The van der Waals surface area contributed by atoms with E-state index in [-0.39, 0.29) is 19.0 Å². The van der Waals surface area contributed by atoms with E-state index in [0.717, 1.165) is 0 Å². The van der Waals surface area contributed by atoms with Crippen LogP contribution in [0.1, 0.15) is 0 Å². The number of rotatable bonds is 5. The molecule has 2 N–H and O–H groups in total. The van der Waals surface area contributed by atoms with Gasteiger partial charge in [0.1, 0.15) is 5.82 Å². The lowest BCUT2D eigenvalue weighted by atomic mass is 10.3. The van der Waals surface area contributed by atoms with Gasteiger partial charge in [0.25, 0.3) is 0 Å². The van der Waals surface area contributed by atoms with Crippen molar-refractivity contribution in [1.29, 1.82) is 0 Å². The van der Waals surface area contributed by atoms with Crippen molar-refractivity contribution in [3.05, 3.63) is 30.1 Å². The van der Waals surface area contributed by atoms with Crippen LogP contribution in [0.3, 0.4) is 0 Å². The first-order valence-electron chi connectivity index (χ1n) is 4.93. The topological polar surface area (TPSA) is 69.6 Å². The molecule has 0 heterocycles. The van der Waals surface area contributed by atoms with Crippen molar-refractivity contribution >= 4 is 17.6 Å². The van der Waals surface area contributed by atoms with Gasteiger partial charge in [-0.1, -0.05) is 6.07 Å². The van der Waals surface area contributed by atoms with Crippen LogP contribution in [0.2, 0.25) is 0 Å². The smallest absolute Gasteiger partial charge is 0.317 e. The number of halogens is 1. The highest BCUT2D eigenvalue weighted by molar-refractivity contribution is 5.92. The Morgan fingerprint density at radius 1 is 1.41 bits per heavy atom. The van der Waals surface area contributed by atoms with E-state index in [4.69, 9.17) is 5.11 Å². The largest absolute Gasteiger partial charge is 0.480 e. The molecule has 0 atom stereocenters. The number of hydrogen-bond donors (Lipinski definition) is 2. The predicted octanol–water partition coefficient (Wildman–Crippen LogP) is 0.781. The Labute approximate surface area is 97.8 Å². The number of hydrogen-bond acceptors (Lipinski definition) is 3. The van der Waals surface area contributed by atoms with Gasteiger partial charge in [-0.3, -0.25) is 14.5 Å². The van der Waals surface area contributed by atoms with Crippen molar-refractivity contribution in [1.82, 2.24) is 4.90 Å². The minimum absolute atomic E-state index is 0.0667. The lowest BCUT2D eigenvalue weighted by Gasteiger charge is -2.13. The zero-order valence-corrected chi connectivity index (χ0v) is 9.31.